The number of rotatable bonds is 18. The van der Waals surface area contributed by atoms with Crippen molar-refractivity contribution >= 4 is 40.2 Å². The van der Waals surface area contributed by atoms with Gasteiger partial charge in [-0.1, -0.05) is 12.1 Å². The van der Waals surface area contributed by atoms with Crippen LogP contribution in [0, 0.1) is 6.92 Å². The molecule has 1 aromatic heterocycles. The smallest absolute Gasteiger partial charge is 0.422 e. The van der Waals surface area contributed by atoms with Crippen molar-refractivity contribution in [2.24, 2.45) is 0 Å². The SMILES string of the molecule is Cc1cccc(Nc2nc3cc(C(=O)Nc4ccc(OCC(F)(F)F)cc4)ccc3n2CCOCCOCCOCCC(=O)OC(C)(C)C)c1. The van der Waals surface area contributed by atoms with Crippen LogP contribution in [0.1, 0.15) is 43.1 Å². The molecule has 0 saturated heterocycles. The second-order valence-electron chi connectivity index (χ2n) is 12.3. The van der Waals surface area contributed by atoms with Crippen molar-refractivity contribution in [1.29, 1.82) is 0 Å². The van der Waals surface area contributed by atoms with Crippen LogP contribution in [-0.4, -0.2) is 79.5 Å². The number of carbonyl (C=O) groups excluding carboxylic acids is 2. The summed E-state index contributed by atoms with van der Waals surface area (Å²) in [5.41, 5.74) is 3.52. The monoisotopic (exact) mass is 700 g/mol. The molecule has 11 nitrogen and oxygen atoms in total. The third kappa shape index (κ3) is 13.0. The summed E-state index contributed by atoms with van der Waals surface area (Å²) in [4.78, 5) is 29.6. The third-order valence-corrected chi connectivity index (χ3v) is 6.87. The minimum Gasteiger partial charge on any atom is -0.484 e. The second-order valence-corrected chi connectivity index (χ2v) is 12.3. The number of nitrogens with one attached hydrogen (secondary N) is 2. The minimum atomic E-state index is -4.44. The number of alkyl halides is 3. The molecular formula is C36H43F3N4O7. The molecule has 0 atom stereocenters. The molecule has 2 N–H and O–H groups in total. The van der Waals surface area contributed by atoms with Crippen LogP contribution in [0.25, 0.3) is 11.0 Å². The third-order valence-electron chi connectivity index (χ3n) is 6.87. The number of esters is 1. The maximum atomic E-state index is 13.1. The van der Waals surface area contributed by atoms with Gasteiger partial charge in [0.2, 0.25) is 5.95 Å². The Morgan fingerprint density at radius 2 is 1.50 bits per heavy atom. The van der Waals surface area contributed by atoms with Crippen molar-refractivity contribution in [3.63, 3.8) is 0 Å². The highest BCUT2D eigenvalue weighted by Crippen LogP contribution is 2.26. The molecule has 4 rings (SSSR count). The fourth-order valence-electron chi connectivity index (χ4n) is 4.69. The molecule has 1 amide bonds. The molecule has 0 spiro atoms. The molecule has 0 aliphatic rings. The number of halogens is 3. The zero-order chi connectivity index (χ0) is 36.1. The molecule has 270 valence electrons. The molecule has 1 heterocycles. The van der Waals surface area contributed by atoms with Crippen LogP contribution in [0.2, 0.25) is 0 Å². The molecule has 14 heteroatoms. The summed E-state index contributed by atoms with van der Waals surface area (Å²) in [6.45, 7) is 8.60. The summed E-state index contributed by atoms with van der Waals surface area (Å²) < 4.78 is 66.1. The van der Waals surface area contributed by atoms with Crippen LogP contribution in [0.4, 0.5) is 30.5 Å². The van der Waals surface area contributed by atoms with Gasteiger partial charge in [-0.15, -0.1) is 0 Å². The Morgan fingerprint density at radius 1 is 0.820 bits per heavy atom. The number of benzene rings is 3. The summed E-state index contributed by atoms with van der Waals surface area (Å²) in [6.07, 6.45) is -4.26. The van der Waals surface area contributed by atoms with E-state index in [1.807, 2.05) is 56.5 Å². The van der Waals surface area contributed by atoms with E-state index in [2.05, 4.69) is 10.6 Å². The molecule has 0 aliphatic heterocycles. The van der Waals surface area contributed by atoms with E-state index in [1.165, 1.54) is 24.3 Å². The lowest BCUT2D eigenvalue weighted by Gasteiger charge is -2.19. The Morgan fingerprint density at radius 3 is 2.16 bits per heavy atom. The van der Waals surface area contributed by atoms with Gasteiger partial charge in [-0.2, -0.15) is 13.2 Å². The highest BCUT2D eigenvalue weighted by atomic mass is 19.4. The quantitative estimate of drug-likeness (QED) is 0.0830. The molecule has 50 heavy (non-hydrogen) atoms. The first-order valence-corrected chi connectivity index (χ1v) is 16.2. The van der Waals surface area contributed by atoms with Crippen molar-refractivity contribution in [2.45, 2.75) is 52.4 Å². The standard InChI is InChI=1S/C36H43F3N4O7/c1-25-6-5-7-28(22-25)41-34-42-30-23-26(33(45)40-27-9-11-29(12-10-27)49-24-36(37,38)39)8-13-31(30)43(34)15-17-47-19-21-48-20-18-46-16-14-32(44)50-35(2,3)4/h5-13,22-23H,14-21,24H2,1-4H3,(H,40,45)(H,41,42). The molecular weight excluding hydrogens is 657 g/mol. The Hall–Kier alpha value is -4.66. The maximum Gasteiger partial charge on any atom is 0.422 e. The van der Waals surface area contributed by atoms with E-state index < -0.39 is 24.3 Å². The van der Waals surface area contributed by atoms with Crippen LogP contribution < -0.4 is 15.4 Å². The van der Waals surface area contributed by atoms with Crippen LogP contribution in [0.15, 0.2) is 66.7 Å². The Kier molecular flexibility index (Phi) is 13.6. The summed E-state index contributed by atoms with van der Waals surface area (Å²) >= 11 is 0. The largest absolute Gasteiger partial charge is 0.484 e. The molecule has 0 radical (unpaired) electrons. The lowest BCUT2D eigenvalue weighted by Crippen LogP contribution is -2.24. The van der Waals surface area contributed by atoms with Gasteiger partial charge < -0.3 is 38.9 Å². The van der Waals surface area contributed by atoms with Gasteiger partial charge in [0, 0.05) is 23.5 Å². The van der Waals surface area contributed by atoms with E-state index in [0.29, 0.717) is 62.3 Å². The zero-order valence-corrected chi connectivity index (χ0v) is 28.6. The summed E-state index contributed by atoms with van der Waals surface area (Å²) in [7, 11) is 0. The van der Waals surface area contributed by atoms with E-state index in [-0.39, 0.29) is 24.7 Å². The summed E-state index contributed by atoms with van der Waals surface area (Å²) in [5.74, 6) is -0.101. The van der Waals surface area contributed by atoms with Gasteiger partial charge in [0.05, 0.1) is 57.1 Å². The van der Waals surface area contributed by atoms with E-state index in [4.69, 9.17) is 28.7 Å². The average Bonchev–Trinajstić information content (AvgIpc) is 3.37. The van der Waals surface area contributed by atoms with E-state index >= 15 is 0 Å². The minimum absolute atomic E-state index is 0.0378. The summed E-state index contributed by atoms with van der Waals surface area (Å²) in [6, 6.07) is 18.7. The van der Waals surface area contributed by atoms with Gasteiger partial charge >= 0.3 is 12.1 Å². The number of amides is 1. The second kappa shape index (κ2) is 17.8. The van der Waals surface area contributed by atoms with Crippen molar-refractivity contribution in [3.05, 3.63) is 77.9 Å². The van der Waals surface area contributed by atoms with Gasteiger partial charge in [-0.05, 0) is 87.9 Å². The number of carbonyl (C=O) groups is 2. The number of hydrogen-bond donors (Lipinski definition) is 2. The van der Waals surface area contributed by atoms with Crippen LogP contribution >= 0.6 is 0 Å². The highest BCUT2D eigenvalue weighted by Gasteiger charge is 2.28. The zero-order valence-electron chi connectivity index (χ0n) is 28.6. The predicted molar refractivity (Wildman–Crippen MR) is 183 cm³/mol. The van der Waals surface area contributed by atoms with E-state index in [1.54, 1.807) is 18.2 Å². The number of nitrogens with zero attached hydrogens (tertiary/aromatic N) is 2. The molecule has 0 aliphatic carbocycles. The number of fused-ring (bicyclic) bond motifs is 1. The number of aromatic nitrogens is 2. The fraction of sp³-hybridized carbons (Fsp3) is 0.417. The molecule has 3 aromatic carbocycles. The van der Waals surface area contributed by atoms with Crippen molar-refractivity contribution in [1.82, 2.24) is 9.55 Å². The first-order chi connectivity index (χ1) is 23.8. The van der Waals surface area contributed by atoms with Crippen molar-refractivity contribution in [3.8, 4) is 5.75 Å². The average molecular weight is 701 g/mol. The molecule has 0 bridgehead atoms. The van der Waals surface area contributed by atoms with Crippen molar-refractivity contribution < 1.29 is 46.4 Å². The van der Waals surface area contributed by atoms with Gasteiger partial charge in [0.1, 0.15) is 11.4 Å². The van der Waals surface area contributed by atoms with Crippen molar-refractivity contribution in [2.75, 3.05) is 56.9 Å². The molecule has 0 unspecified atom stereocenters. The van der Waals surface area contributed by atoms with Crippen LogP contribution in [0.3, 0.4) is 0 Å². The molecule has 4 aromatic rings. The number of imidazole rings is 1. The lowest BCUT2D eigenvalue weighted by atomic mass is 10.2. The number of hydrogen-bond acceptors (Lipinski definition) is 9. The Balaban J connectivity index is 1.30. The predicted octanol–water partition coefficient (Wildman–Crippen LogP) is 7.06. The molecule has 0 saturated carbocycles. The first-order valence-electron chi connectivity index (χ1n) is 16.2. The van der Waals surface area contributed by atoms with Gasteiger partial charge in [-0.3, -0.25) is 9.59 Å². The first kappa shape index (κ1) is 38.1. The maximum absolute atomic E-state index is 13.1. The van der Waals surface area contributed by atoms with Crippen LogP contribution in [0.5, 0.6) is 5.75 Å². The highest BCUT2D eigenvalue weighted by molar-refractivity contribution is 6.06. The van der Waals surface area contributed by atoms with E-state index in [0.717, 1.165) is 16.8 Å². The number of aryl methyl sites for hydroxylation is 1. The Labute approximate surface area is 289 Å². The fourth-order valence-corrected chi connectivity index (χ4v) is 4.69. The topological polar surface area (TPSA) is 122 Å². The van der Waals surface area contributed by atoms with Gasteiger partial charge in [0.25, 0.3) is 5.91 Å². The lowest BCUT2D eigenvalue weighted by molar-refractivity contribution is -0.156. The Bertz CT molecular complexity index is 1700. The van der Waals surface area contributed by atoms with Gasteiger partial charge in [-0.25, -0.2) is 4.98 Å². The van der Waals surface area contributed by atoms with Crippen LogP contribution in [-0.2, 0) is 30.3 Å². The summed E-state index contributed by atoms with van der Waals surface area (Å²) in [5, 5.41) is 6.11. The van der Waals surface area contributed by atoms with E-state index in [9.17, 15) is 22.8 Å². The molecule has 0 fully saturated rings. The number of ether oxygens (including phenoxy) is 5. The van der Waals surface area contributed by atoms with Gasteiger partial charge in [0.15, 0.2) is 6.61 Å². The normalized spacial score (nSPS) is 11.8. The number of anilines is 3.